The molecule has 0 saturated heterocycles. The van der Waals surface area contributed by atoms with Gasteiger partial charge < -0.3 is 5.73 Å². The molecule has 0 aliphatic heterocycles. The normalized spacial score (nSPS) is 11.5. The van der Waals surface area contributed by atoms with E-state index in [0.717, 1.165) is 0 Å². The lowest BCUT2D eigenvalue weighted by atomic mass is 10.2. The molecule has 0 rings (SSSR count). The standard InChI is InChI=1S/C5H7Cl2NO2.Mg/c6-4(9)2-1-3(8)5(7)10;/h3H,1-2,8H2;/t3-;/m0./s1. The fourth-order valence-corrected chi connectivity index (χ4v) is 0.601. The van der Waals surface area contributed by atoms with E-state index >= 15 is 0 Å². The van der Waals surface area contributed by atoms with Crippen molar-refractivity contribution in [3.05, 3.63) is 0 Å². The highest BCUT2D eigenvalue weighted by molar-refractivity contribution is 6.65. The minimum absolute atomic E-state index is 0. The Kier molecular flexibility index (Phi) is 9.42. The third-order valence-corrected chi connectivity index (χ3v) is 1.41. The summed E-state index contributed by atoms with van der Waals surface area (Å²) in [4.78, 5) is 20.4. The van der Waals surface area contributed by atoms with Crippen molar-refractivity contribution >= 4 is 56.7 Å². The van der Waals surface area contributed by atoms with Crippen LogP contribution in [-0.4, -0.2) is 39.6 Å². The Morgan fingerprint density at radius 3 is 2.09 bits per heavy atom. The molecule has 0 amide bonds. The number of rotatable bonds is 4. The highest BCUT2D eigenvalue weighted by Gasteiger charge is 2.10. The van der Waals surface area contributed by atoms with Crippen LogP contribution in [0.1, 0.15) is 12.8 Å². The van der Waals surface area contributed by atoms with Gasteiger partial charge in [0, 0.05) is 29.5 Å². The van der Waals surface area contributed by atoms with Crippen LogP contribution in [0.5, 0.6) is 0 Å². The minimum Gasteiger partial charge on any atom is -0.320 e. The molecule has 60 valence electrons. The summed E-state index contributed by atoms with van der Waals surface area (Å²) >= 11 is 9.97. The van der Waals surface area contributed by atoms with Crippen molar-refractivity contribution in [1.82, 2.24) is 0 Å². The highest BCUT2D eigenvalue weighted by atomic mass is 35.5. The smallest absolute Gasteiger partial charge is 0.238 e. The SMILES string of the molecule is N[C@@H](CCC(=O)Cl)C(=O)Cl.[Mg]. The number of carbonyl (C=O) groups excluding carboxylic acids is 2. The van der Waals surface area contributed by atoms with E-state index in [1.54, 1.807) is 0 Å². The number of hydrogen-bond donors (Lipinski definition) is 1. The Morgan fingerprint density at radius 1 is 1.36 bits per heavy atom. The summed E-state index contributed by atoms with van der Waals surface area (Å²) in [6.45, 7) is 0. The molecule has 2 radical (unpaired) electrons. The van der Waals surface area contributed by atoms with Gasteiger partial charge in [0.25, 0.3) is 0 Å². The Hall–Kier alpha value is 0.646. The van der Waals surface area contributed by atoms with Gasteiger partial charge >= 0.3 is 0 Å². The van der Waals surface area contributed by atoms with Crippen molar-refractivity contribution in [2.75, 3.05) is 0 Å². The van der Waals surface area contributed by atoms with Gasteiger partial charge in [0.1, 0.15) is 0 Å². The van der Waals surface area contributed by atoms with Gasteiger partial charge in [-0.1, -0.05) is 0 Å². The molecule has 11 heavy (non-hydrogen) atoms. The maximum atomic E-state index is 10.2. The predicted octanol–water partition coefficient (Wildman–Crippen LogP) is 0.244. The lowest BCUT2D eigenvalue weighted by Gasteiger charge is -2.01. The molecule has 0 aromatic heterocycles. The molecule has 0 aromatic carbocycles. The van der Waals surface area contributed by atoms with E-state index in [0.29, 0.717) is 0 Å². The maximum absolute atomic E-state index is 10.2. The van der Waals surface area contributed by atoms with Crippen molar-refractivity contribution < 1.29 is 9.59 Å². The van der Waals surface area contributed by atoms with Gasteiger partial charge in [0.15, 0.2) is 0 Å². The van der Waals surface area contributed by atoms with Crippen LogP contribution in [0.4, 0.5) is 0 Å². The molecule has 0 fully saturated rings. The zero-order valence-corrected chi connectivity index (χ0v) is 8.77. The average Bonchev–Trinajstić information content (AvgIpc) is 1.82. The minimum atomic E-state index is -0.774. The fraction of sp³-hybridized carbons (Fsp3) is 0.600. The Labute approximate surface area is 90.7 Å². The molecule has 3 nitrogen and oxygen atoms in total. The van der Waals surface area contributed by atoms with Gasteiger partial charge in [0.05, 0.1) is 6.04 Å². The zero-order valence-electron chi connectivity index (χ0n) is 5.85. The summed E-state index contributed by atoms with van der Waals surface area (Å²) in [5.74, 6) is 0. The van der Waals surface area contributed by atoms with Crippen LogP contribution in [-0.2, 0) is 9.59 Å². The van der Waals surface area contributed by atoms with E-state index in [2.05, 4.69) is 0 Å². The molecular weight excluding hydrogens is 201 g/mol. The van der Waals surface area contributed by atoms with Gasteiger partial charge in [-0.3, -0.25) is 9.59 Å². The van der Waals surface area contributed by atoms with Crippen LogP contribution < -0.4 is 5.73 Å². The first-order chi connectivity index (χ1) is 4.54. The Balaban J connectivity index is 0. The third kappa shape index (κ3) is 8.55. The van der Waals surface area contributed by atoms with Gasteiger partial charge in [-0.25, -0.2) is 0 Å². The molecule has 0 heterocycles. The quantitative estimate of drug-likeness (QED) is 0.532. The summed E-state index contributed by atoms with van der Waals surface area (Å²) in [6, 6.07) is -0.774. The molecule has 0 spiro atoms. The topological polar surface area (TPSA) is 60.2 Å². The summed E-state index contributed by atoms with van der Waals surface area (Å²) in [7, 11) is 0. The number of carbonyl (C=O) groups is 2. The molecule has 0 aliphatic rings. The second-order valence-electron chi connectivity index (χ2n) is 1.80. The van der Waals surface area contributed by atoms with Crippen LogP contribution in [0.2, 0.25) is 0 Å². The van der Waals surface area contributed by atoms with Gasteiger partial charge in [0.2, 0.25) is 10.5 Å². The van der Waals surface area contributed by atoms with E-state index in [1.807, 2.05) is 0 Å². The first kappa shape index (κ1) is 14.2. The van der Waals surface area contributed by atoms with Crippen molar-refractivity contribution in [3.63, 3.8) is 0 Å². The van der Waals surface area contributed by atoms with Crippen molar-refractivity contribution in [1.29, 1.82) is 0 Å². The fourth-order valence-electron chi connectivity index (χ4n) is 0.382. The van der Waals surface area contributed by atoms with Gasteiger partial charge in [-0.15, -0.1) is 0 Å². The largest absolute Gasteiger partial charge is 0.320 e. The molecule has 0 unspecified atom stereocenters. The zero-order chi connectivity index (χ0) is 8.15. The molecule has 0 aliphatic carbocycles. The predicted molar refractivity (Wildman–Crippen MR) is 44.7 cm³/mol. The molecule has 1 atom stereocenters. The highest BCUT2D eigenvalue weighted by Crippen LogP contribution is 2.00. The lowest BCUT2D eigenvalue weighted by molar-refractivity contribution is -0.113. The van der Waals surface area contributed by atoms with Gasteiger partial charge in [-0.05, 0) is 29.6 Å². The van der Waals surface area contributed by atoms with Crippen LogP contribution >= 0.6 is 23.2 Å². The van der Waals surface area contributed by atoms with E-state index < -0.39 is 16.5 Å². The Bertz CT molecular complexity index is 153. The first-order valence-corrected chi connectivity index (χ1v) is 3.43. The summed E-state index contributed by atoms with van der Waals surface area (Å²) in [6.07, 6.45) is 0.297. The van der Waals surface area contributed by atoms with E-state index in [1.165, 1.54) is 0 Å². The van der Waals surface area contributed by atoms with Crippen LogP contribution in [0.15, 0.2) is 0 Å². The molecule has 0 saturated carbocycles. The van der Waals surface area contributed by atoms with Crippen LogP contribution in [0.3, 0.4) is 0 Å². The second kappa shape index (κ2) is 7.30. The van der Waals surface area contributed by atoms with E-state index in [9.17, 15) is 9.59 Å². The summed E-state index contributed by atoms with van der Waals surface area (Å²) < 4.78 is 0. The average molecular weight is 208 g/mol. The summed E-state index contributed by atoms with van der Waals surface area (Å²) in [5, 5.41) is -1.15. The molecule has 0 aromatic rings. The van der Waals surface area contributed by atoms with Crippen molar-refractivity contribution in [3.8, 4) is 0 Å². The van der Waals surface area contributed by atoms with Gasteiger partial charge in [-0.2, -0.15) is 0 Å². The molecular formula is C5H7Cl2MgNO2. The molecule has 2 N–H and O–H groups in total. The summed E-state index contributed by atoms with van der Waals surface area (Å²) in [5.41, 5.74) is 5.17. The van der Waals surface area contributed by atoms with Crippen LogP contribution in [0, 0.1) is 0 Å². The second-order valence-corrected chi connectivity index (χ2v) is 2.60. The third-order valence-electron chi connectivity index (χ3n) is 0.943. The Morgan fingerprint density at radius 2 is 1.82 bits per heavy atom. The molecule has 0 bridgehead atoms. The van der Waals surface area contributed by atoms with Crippen LogP contribution in [0.25, 0.3) is 0 Å². The monoisotopic (exact) mass is 207 g/mol. The maximum Gasteiger partial charge on any atom is 0.238 e. The number of nitrogens with two attached hydrogens (primary N) is 1. The first-order valence-electron chi connectivity index (χ1n) is 2.67. The number of halogens is 2. The molecule has 6 heteroatoms. The van der Waals surface area contributed by atoms with E-state index in [4.69, 9.17) is 28.9 Å². The lowest BCUT2D eigenvalue weighted by Crippen LogP contribution is -2.26. The van der Waals surface area contributed by atoms with E-state index in [-0.39, 0.29) is 35.9 Å². The van der Waals surface area contributed by atoms with Crippen molar-refractivity contribution in [2.24, 2.45) is 5.73 Å². The van der Waals surface area contributed by atoms with Crippen molar-refractivity contribution in [2.45, 2.75) is 18.9 Å². The number of hydrogen-bond acceptors (Lipinski definition) is 3.